The summed E-state index contributed by atoms with van der Waals surface area (Å²) in [7, 11) is 0. The van der Waals surface area contributed by atoms with E-state index in [4.69, 9.17) is 27.6 Å². The summed E-state index contributed by atoms with van der Waals surface area (Å²) < 4.78 is 7.59. The van der Waals surface area contributed by atoms with Crippen LogP contribution in [-0.2, 0) is 6.54 Å². The molecule has 0 aliphatic heterocycles. The van der Waals surface area contributed by atoms with E-state index in [0.717, 1.165) is 16.5 Å². The van der Waals surface area contributed by atoms with E-state index in [0.29, 0.717) is 28.0 Å². The molecule has 0 saturated carbocycles. The van der Waals surface area contributed by atoms with Crippen LogP contribution in [0.3, 0.4) is 0 Å². The van der Waals surface area contributed by atoms with Gasteiger partial charge in [0.1, 0.15) is 17.2 Å². The summed E-state index contributed by atoms with van der Waals surface area (Å²) in [6.07, 6.45) is 4.36. The number of aromatic nitrogens is 4. The van der Waals surface area contributed by atoms with Crippen LogP contribution in [0.25, 0.3) is 22.5 Å². The number of nitrogens with zero attached hydrogens (tertiary/aromatic N) is 4. The number of hydrogen-bond donors (Lipinski definition) is 0. The second-order valence-corrected chi connectivity index (χ2v) is 7.64. The summed E-state index contributed by atoms with van der Waals surface area (Å²) >= 11 is 12.7. The Kier molecular flexibility index (Phi) is 5.02. The molecule has 6 nitrogen and oxygen atoms in total. The second kappa shape index (κ2) is 7.98. The predicted octanol–water partition coefficient (Wildman–Crippen LogP) is 5.67. The van der Waals surface area contributed by atoms with Crippen molar-refractivity contribution in [3.05, 3.63) is 100 Å². The van der Waals surface area contributed by atoms with Gasteiger partial charge in [-0.15, -0.1) is 0 Å². The van der Waals surface area contributed by atoms with E-state index < -0.39 is 0 Å². The molecule has 0 saturated heterocycles. The molecular formula is C23H14Cl2N4O2. The molecule has 3 aromatic heterocycles. The fraction of sp³-hybridized carbons (Fsp3) is 0.0435. The Morgan fingerprint density at radius 3 is 2.58 bits per heavy atom. The lowest BCUT2D eigenvalue weighted by Crippen LogP contribution is -2.03. The number of halogens is 2. The standard InChI is InChI=1S/C23H14Cl2N4O2/c24-15-7-5-14(6-8-15)12-29-18-4-2-1-3-16(18)20(22(29)25)21(30)19-11-27-23(31-19)17-9-10-26-13-28-17/h1-11,13H,12H2. The quantitative estimate of drug-likeness (QED) is 0.323. The van der Waals surface area contributed by atoms with Crippen LogP contribution in [-0.4, -0.2) is 25.3 Å². The molecule has 0 bridgehead atoms. The van der Waals surface area contributed by atoms with Crippen molar-refractivity contribution >= 4 is 39.9 Å². The van der Waals surface area contributed by atoms with Gasteiger partial charge in [-0.2, -0.15) is 0 Å². The number of carbonyl (C=O) groups is 1. The smallest absolute Gasteiger partial charge is 0.245 e. The van der Waals surface area contributed by atoms with Crippen LogP contribution in [0.5, 0.6) is 0 Å². The van der Waals surface area contributed by atoms with Crippen molar-refractivity contribution in [3.8, 4) is 11.6 Å². The fourth-order valence-electron chi connectivity index (χ4n) is 3.45. The Balaban J connectivity index is 1.57. The SMILES string of the molecule is O=C(c1cnc(-c2ccncn2)o1)c1c(Cl)n(Cc2ccc(Cl)cc2)c2ccccc12. The van der Waals surface area contributed by atoms with Gasteiger partial charge < -0.3 is 8.98 Å². The minimum atomic E-state index is -0.344. The van der Waals surface area contributed by atoms with Gasteiger partial charge in [-0.3, -0.25) is 4.79 Å². The maximum atomic E-state index is 13.4. The Morgan fingerprint density at radius 2 is 1.81 bits per heavy atom. The van der Waals surface area contributed by atoms with Crippen molar-refractivity contribution in [2.24, 2.45) is 0 Å². The van der Waals surface area contributed by atoms with Crippen LogP contribution < -0.4 is 0 Å². The van der Waals surface area contributed by atoms with E-state index in [2.05, 4.69) is 15.0 Å². The maximum Gasteiger partial charge on any atom is 0.245 e. The lowest BCUT2D eigenvalue weighted by molar-refractivity contribution is 0.101. The highest BCUT2D eigenvalue weighted by atomic mass is 35.5. The van der Waals surface area contributed by atoms with Crippen molar-refractivity contribution in [2.45, 2.75) is 6.54 Å². The maximum absolute atomic E-state index is 13.4. The number of para-hydroxylation sites is 1. The number of fused-ring (bicyclic) bond motifs is 1. The summed E-state index contributed by atoms with van der Waals surface area (Å²) in [5.41, 5.74) is 2.72. The summed E-state index contributed by atoms with van der Waals surface area (Å²) in [6.45, 7) is 0.492. The zero-order valence-corrected chi connectivity index (χ0v) is 17.5. The monoisotopic (exact) mass is 448 g/mol. The van der Waals surface area contributed by atoms with Crippen molar-refractivity contribution in [3.63, 3.8) is 0 Å². The molecule has 8 heteroatoms. The topological polar surface area (TPSA) is 73.8 Å². The molecule has 0 amide bonds. The number of rotatable bonds is 5. The number of benzene rings is 2. The van der Waals surface area contributed by atoms with Crippen LogP contribution in [0, 0.1) is 0 Å². The van der Waals surface area contributed by atoms with E-state index >= 15 is 0 Å². The summed E-state index contributed by atoms with van der Waals surface area (Å²) in [4.78, 5) is 25.5. The Bertz CT molecular complexity index is 1390. The van der Waals surface area contributed by atoms with Crippen LogP contribution in [0.4, 0.5) is 0 Å². The van der Waals surface area contributed by atoms with Gasteiger partial charge in [0.15, 0.2) is 5.76 Å². The van der Waals surface area contributed by atoms with Crippen LogP contribution >= 0.6 is 23.2 Å². The van der Waals surface area contributed by atoms with Gasteiger partial charge >= 0.3 is 0 Å². The van der Waals surface area contributed by atoms with Gasteiger partial charge in [-0.05, 0) is 29.8 Å². The van der Waals surface area contributed by atoms with E-state index in [-0.39, 0.29) is 17.4 Å². The first-order chi connectivity index (χ1) is 15.1. The summed E-state index contributed by atoms with van der Waals surface area (Å²) in [6, 6.07) is 16.7. The first-order valence-corrected chi connectivity index (χ1v) is 10.2. The Labute approximate surface area is 187 Å². The minimum Gasteiger partial charge on any atom is -0.431 e. The highest BCUT2D eigenvalue weighted by Gasteiger charge is 2.25. The first-order valence-electron chi connectivity index (χ1n) is 9.40. The predicted molar refractivity (Wildman–Crippen MR) is 118 cm³/mol. The number of hydrogen-bond acceptors (Lipinski definition) is 5. The highest BCUT2D eigenvalue weighted by Crippen LogP contribution is 2.33. The molecule has 0 atom stereocenters. The molecule has 152 valence electrons. The molecule has 2 aromatic carbocycles. The van der Waals surface area contributed by atoms with E-state index in [1.165, 1.54) is 12.5 Å². The number of ketones is 1. The number of carbonyl (C=O) groups excluding carboxylic acids is 1. The van der Waals surface area contributed by atoms with Crippen LogP contribution in [0.2, 0.25) is 10.2 Å². The summed E-state index contributed by atoms with van der Waals surface area (Å²) in [5.74, 6) is -0.0134. The van der Waals surface area contributed by atoms with Crippen LogP contribution in [0.1, 0.15) is 21.7 Å². The molecule has 0 N–H and O–H groups in total. The lowest BCUT2D eigenvalue weighted by atomic mass is 10.1. The molecule has 0 aliphatic rings. The van der Waals surface area contributed by atoms with Gasteiger partial charge in [0.25, 0.3) is 0 Å². The summed E-state index contributed by atoms with van der Waals surface area (Å²) in [5, 5.41) is 1.74. The van der Waals surface area contributed by atoms with Crippen molar-refractivity contribution < 1.29 is 9.21 Å². The molecule has 5 rings (SSSR count). The molecular weight excluding hydrogens is 435 g/mol. The highest BCUT2D eigenvalue weighted by molar-refractivity contribution is 6.37. The largest absolute Gasteiger partial charge is 0.431 e. The van der Waals surface area contributed by atoms with Crippen molar-refractivity contribution in [1.29, 1.82) is 0 Å². The zero-order chi connectivity index (χ0) is 21.4. The average Bonchev–Trinajstić information content (AvgIpc) is 3.40. The van der Waals surface area contributed by atoms with E-state index in [9.17, 15) is 4.79 Å². The molecule has 0 aliphatic carbocycles. The molecule has 0 spiro atoms. The third-order valence-electron chi connectivity index (χ3n) is 4.92. The zero-order valence-electron chi connectivity index (χ0n) is 16.0. The minimum absolute atomic E-state index is 0.0879. The molecule has 0 radical (unpaired) electrons. The second-order valence-electron chi connectivity index (χ2n) is 6.85. The molecule has 0 unspecified atom stereocenters. The van der Waals surface area contributed by atoms with Gasteiger partial charge in [-0.25, -0.2) is 15.0 Å². The van der Waals surface area contributed by atoms with Crippen molar-refractivity contribution in [1.82, 2.24) is 19.5 Å². The number of oxazole rings is 1. The third-order valence-corrected chi connectivity index (χ3v) is 5.56. The Hall–Kier alpha value is -3.48. The van der Waals surface area contributed by atoms with Gasteiger partial charge in [-0.1, -0.05) is 53.5 Å². The Morgan fingerprint density at radius 1 is 1.00 bits per heavy atom. The fourth-order valence-corrected chi connectivity index (χ4v) is 3.92. The molecule has 0 fully saturated rings. The van der Waals surface area contributed by atoms with Gasteiger partial charge in [0.2, 0.25) is 11.7 Å². The van der Waals surface area contributed by atoms with E-state index in [1.807, 2.05) is 53.1 Å². The van der Waals surface area contributed by atoms with Crippen molar-refractivity contribution in [2.75, 3.05) is 0 Å². The molecule has 3 heterocycles. The average molecular weight is 449 g/mol. The van der Waals surface area contributed by atoms with Gasteiger partial charge in [0, 0.05) is 23.2 Å². The first kappa shape index (κ1) is 19.5. The lowest BCUT2D eigenvalue weighted by Gasteiger charge is -2.07. The normalized spacial score (nSPS) is 11.2. The van der Waals surface area contributed by atoms with Crippen LogP contribution in [0.15, 0.2) is 77.7 Å². The molecule has 31 heavy (non-hydrogen) atoms. The third kappa shape index (κ3) is 3.60. The van der Waals surface area contributed by atoms with E-state index in [1.54, 1.807) is 12.3 Å². The van der Waals surface area contributed by atoms with Gasteiger partial charge in [0.05, 0.1) is 17.3 Å². The molecule has 5 aromatic rings.